The number of carbonyl (C=O) groups excluding carboxylic acids is 1. The normalized spacial score (nSPS) is 19.8. The summed E-state index contributed by atoms with van der Waals surface area (Å²) in [5.74, 6) is -1.13. The van der Waals surface area contributed by atoms with Crippen molar-refractivity contribution in [2.75, 3.05) is 19.8 Å². The van der Waals surface area contributed by atoms with Gasteiger partial charge in [-0.05, 0) is 0 Å². The van der Waals surface area contributed by atoms with Crippen molar-refractivity contribution < 1.29 is 19.4 Å². The van der Waals surface area contributed by atoms with Gasteiger partial charge in [-0.1, -0.05) is 0 Å². The van der Waals surface area contributed by atoms with E-state index >= 15 is 0 Å². The van der Waals surface area contributed by atoms with Gasteiger partial charge < -0.3 is 14.7 Å². The lowest BCUT2D eigenvalue weighted by molar-refractivity contribution is -0.139. The Labute approximate surface area is 104 Å². The maximum absolute atomic E-state index is 12.2. The van der Waals surface area contributed by atoms with Crippen molar-refractivity contribution in [1.29, 1.82) is 0 Å². The lowest BCUT2D eigenvalue weighted by atomic mass is 10.1. The number of nitrogens with zero attached hydrogens (tertiary/aromatic N) is 3. The van der Waals surface area contributed by atoms with Gasteiger partial charge in [0.25, 0.3) is 5.91 Å². The van der Waals surface area contributed by atoms with Crippen molar-refractivity contribution in [2.24, 2.45) is 7.05 Å². The van der Waals surface area contributed by atoms with Crippen LogP contribution in [0.5, 0.6) is 0 Å². The Bertz CT molecular complexity index is 457. The topological polar surface area (TPSA) is 84.7 Å². The molecule has 1 saturated heterocycles. The minimum absolute atomic E-state index is 0.105. The number of morpholine rings is 1. The fourth-order valence-electron chi connectivity index (χ4n) is 1.99. The summed E-state index contributed by atoms with van der Waals surface area (Å²) >= 11 is 0. The van der Waals surface area contributed by atoms with Crippen LogP contribution >= 0.6 is 0 Å². The number of carboxylic acid groups (broad SMARTS) is 1. The van der Waals surface area contributed by atoms with Gasteiger partial charge in [-0.3, -0.25) is 14.3 Å². The zero-order chi connectivity index (χ0) is 13.1. The van der Waals surface area contributed by atoms with Crippen LogP contribution in [0.15, 0.2) is 12.4 Å². The Kier molecular flexibility index (Phi) is 3.61. The Morgan fingerprint density at radius 3 is 3.00 bits per heavy atom. The minimum atomic E-state index is -0.936. The highest BCUT2D eigenvalue weighted by atomic mass is 16.5. The highest BCUT2D eigenvalue weighted by Crippen LogP contribution is 2.14. The fraction of sp³-hybridized carbons (Fsp3) is 0.545. The molecule has 7 heteroatoms. The summed E-state index contributed by atoms with van der Waals surface area (Å²) in [4.78, 5) is 24.5. The van der Waals surface area contributed by atoms with Gasteiger partial charge in [0.05, 0.1) is 37.4 Å². The van der Waals surface area contributed by atoms with Crippen LogP contribution in [0.25, 0.3) is 0 Å². The zero-order valence-corrected chi connectivity index (χ0v) is 10.1. The molecule has 0 radical (unpaired) electrons. The number of amides is 1. The maximum atomic E-state index is 12.2. The molecule has 98 valence electrons. The van der Waals surface area contributed by atoms with Gasteiger partial charge in [-0.2, -0.15) is 5.10 Å². The molecular weight excluding hydrogens is 238 g/mol. The van der Waals surface area contributed by atoms with E-state index < -0.39 is 12.0 Å². The third-order valence-corrected chi connectivity index (χ3v) is 2.85. The quantitative estimate of drug-likeness (QED) is 0.802. The molecule has 1 unspecified atom stereocenters. The van der Waals surface area contributed by atoms with Crippen molar-refractivity contribution >= 4 is 11.9 Å². The predicted octanol–water partition coefficient (Wildman–Crippen LogP) is -0.264. The average Bonchev–Trinajstić information content (AvgIpc) is 2.75. The van der Waals surface area contributed by atoms with Crippen molar-refractivity contribution in [1.82, 2.24) is 14.7 Å². The molecule has 0 saturated carbocycles. The second kappa shape index (κ2) is 5.18. The summed E-state index contributed by atoms with van der Waals surface area (Å²) in [7, 11) is 1.73. The van der Waals surface area contributed by atoms with E-state index in [0.29, 0.717) is 18.7 Å². The Morgan fingerprint density at radius 1 is 1.61 bits per heavy atom. The van der Waals surface area contributed by atoms with Gasteiger partial charge in [0.1, 0.15) is 0 Å². The van der Waals surface area contributed by atoms with Gasteiger partial charge in [-0.25, -0.2) is 0 Å². The molecule has 0 aromatic carbocycles. The van der Waals surface area contributed by atoms with E-state index in [1.807, 2.05) is 0 Å². The molecule has 1 N–H and O–H groups in total. The van der Waals surface area contributed by atoms with Gasteiger partial charge >= 0.3 is 5.97 Å². The van der Waals surface area contributed by atoms with E-state index in [-0.39, 0.29) is 18.9 Å². The molecule has 0 spiro atoms. The number of carboxylic acids is 1. The van der Waals surface area contributed by atoms with Crippen molar-refractivity contribution in [2.45, 2.75) is 12.5 Å². The van der Waals surface area contributed by atoms with E-state index in [4.69, 9.17) is 9.84 Å². The largest absolute Gasteiger partial charge is 0.481 e. The van der Waals surface area contributed by atoms with Crippen LogP contribution < -0.4 is 0 Å². The molecule has 1 aliphatic rings. The molecule has 1 fully saturated rings. The summed E-state index contributed by atoms with van der Waals surface area (Å²) in [5, 5.41) is 12.8. The number of aromatic nitrogens is 2. The Hall–Kier alpha value is -1.89. The Balaban J connectivity index is 2.13. The van der Waals surface area contributed by atoms with E-state index in [1.54, 1.807) is 22.8 Å². The molecule has 7 nitrogen and oxygen atoms in total. The number of aryl methyl sites for hydroxylation is 1. The van der Waals surface area contributed by atoms with Crippen LogP contribution in [0.3, 0.4) is 0 Å². The van der Waals surface area contributed by atoms with Gasteiger partial charge in [0.15, 0.2) is 0 Å². The monoisotopic (exact) mass is 253 g/mol. The smallest absolute Gasteiger partial charge is 0.305 e. The third-order valence-electron chi connectivity index (χ3n) is 2.85. The highest BCUT2D eigenvalue weighted by molar-refractivity contribution is 5.94. The van der Waals surface area contributed by atoms with E-state index in [0.717, 1.165) is 0 Å². The summed E-state index contributed by atoms with van der Waals surface area (Å²) in [6, 6.07) is -0.413. The maximum Gasteiger partial charge on any atom is 0.305 e. The first kappa shape index (κ1) is 12.6. The number of hydrogen-bond donors (Lipinski definition) is 1. The fourth-order valence-corrected chi connectivity index (χ4v) is 1.99. The first-order valence-corrected chi connectivity index (χ1v) is 5.67. The molecule has 2 heterocycles. The van der Waals surface area contributed by atoms with E-state index in [9.17, 15) is 9.59 Å². The third kappa shape index (κ3) is 2.67. The summed E-state index contributed by atoms with van der Waals surface area (Å²) in [5.41, 5.74) is 0.467. The van der Waals surface area contributed by atoms with Crippen LogP contribution in [0, 0.1) is 0 Å². The molecule has 1 atom stereocenters. The molecule has 1 aromatic heterocycles. The summed E-state index contributed by atoms with van der Waals surface area (Å²) in [6.45, 7) is 1.10. The van der Waals surface area contributed by atoms with Crippen molar-refractivity contribution in [3.8, 4) is 0 Å². The molecule has 2 rings (SSSR count). The van der Waals surface area contributed by atoms with Crippen molar-refractivity contribution in [3.63, 3.8) is 0 Å². The van der Waals surface area contributed by atoms with Crippen LogP contribution in [-0.2, 0) is 16.6 Å². The lowest BCUT2D eigenvalue weighted by Crippen LogP contribution is -2.49. The van der Waals surface area contributed by atoms with Crippen LogP contribution in [0.1, 0.15) is 16.8 Å². The predicted molar refractivity (Wildman–Crippen MR) is 61.1 cm³/mol. The molecule has 18 heavy (non-hydrogen) atoms. The second-order valence-corrected chi connectivity index (χ2v) is 4.23. The summed E-state index contributed by atoms with van der Waals surface area (Å²) < 4.78 is 6.77. The van der Waals surface area contributed by atoms with Crippen LogP contribution in [0.2, 0.25) is 0 Å². The van der Waals surface area contributed by atoms with Gasteiger partial charge in [0.2, 0.25) is 0 Å². The molecule has 1 aliphatic heterocycles. The zero-order valence-electron chi connectivity index (χ0n) is 10.1. The minimum Gasteiger partial charge on any atom is -0.481 e. The lowest BCUT2D eigenvalue weighted by Gasteiger charge is -2.34. The summed E-state index contributed by atoms with van der Waals surface area (Å²) in [6.07, 6.45) is 3.00. The highest BCUT2D eigenvalue weighted by Gasteiger charge is 2.30. The van der Waals surface area contributed by atoms with Crippen LogP contribution in [-0.4, -0.2) is 57.5 Å². The molecular formula is C11H15N3O4. The molecule has 1 amide bonds. The van der Waals surface area contributed by atoms with Crippen molar-refractivity contribution in [3.05, 3.63) is 18.0 Å². The SMILES string of the molecule is Cn1cc(C(=O)N2CCOCC2CC(=O)O)cn1. The van der Waals surface area contributed by atoms with Crippen LogP contribution in [0.4, 0.5) is 0 Å². The Morgan fingerprint density at radius 2 is 2.39 bits per heavy atom. The first-order chi connectivity index (χ1) is 8.58. The molecule has 1 aromatic rings. The second-order valence-electron chi connectivity index (χ2n) is 4.23. The number of ether oxygens (including phenoxy) is 1. The number of aliphatic carboxylic acids is 1. The first-order valence-electron chi connectivity index (χ1n) is 5.67. The number of hydrogen-bond acceptors (Lipinski definition) is 4. The average molecular weight is 253 g/mol. The van der Waals surface area contributed by atoms with Gasteiger partial charge in [-0.15, -0.1) is 0 Å². The standard InChI is InChI=1S/C11H15N3O4/c1-13-6-8(5-12-13)11(17)14-2-3-18-7-9(14)4-10(15)16/h5-6,9H,2-4,7H2,1H3,(H,15,16). The number of rotatable bonds is 3. The number of carbonyl (C=O) groups is 2. The van der Waals surface area contributed by atoms with Gasteiger partial charge in [0, 0.05) is 19.8 Å². The molecule has 0 aliphatic carbocycles. The molecule has 0 bridgehead atoms. The van der Waals surface area contributed by atoms with E-state index in [1.165, 1.54) is 6.20 Å². The van der Waals surface area contributed by atoms with E-state index in [2.05, 4.69) is 5.10 Å².